The van der Waals surface area contributed by atoms with E-state index in [0.29, 0.717) is 0 Å². The number of para-hydroxylation sites is 1. The highest BCUT2D eigenvalue weighted by Crippen LogP contribution is 2.20. The van der Waals surface area contributed by atoms with Crippen molar-refractivity contribution in [2.45, 2.75) is 6.54 Å². The Morgan fingerprint density at radius 1 is 1.05 bits per heavy atom. The quantitative estimate of drug-likeness (QED) is 0.796. The Morgan fingerprint density at radius 3 is 2.48 bits per heavy atom. The van der Waals surface area contributed by atoms with E-state index in [0.717, 1.165) is 23.4 Å². The zero-order valence-corrected chi connectivity index (χ0v) is 12.7. The number of rotatable bonds is 4. The fourth-order valence-electron chi connectivity index (χ4n) is 2.48. The molecule has 0 radical (unpaired) electrons. The second-order valence-corrected chi connectivity index (χ2v) is 5.38. The molecule has 1 N–H and O–H groups in total. The molecule has 0 amide bonds. The van der Waals surface area contributed by atoms with Crippen molar-refractivity contribution in [2.75, 3.05) is 24.3 Å². The first-order chi connectivity index (χ1) is 10.1. The minimum absolute atomic E-state index is 0.725. The molecule has 1 heterocycles. The van der Waals surface area contributed by atoms with E-state index in [1.807, 2.05) is 31.9 Å². The Morgan fingerprint density at radius 2 is 1.76 bits per heavy atom. The number of aromatic nitrogens is 2. The first-order valence-electron chi connectivity index (χ1n) is 7.07. The standard InChI is InChI=1S/C17H20N4/c1-20(2)14-10-8-13(9-11-14)18-12-16-15-6-4-5-7-17(15)21(3)19-16/h4-11,18H,12H2,1-3H3. The molecule has 0 aliphatic rings. The molecule has 0 saturated heterocycles. The number of fused-ring (bicyclic) bond motifs is 1. The monoisotopic (exact) mass is 280 g/mol. The van der Waals surface area contributed by atoms with Crippen LogP contribution in [-0.2, 0) is 13.6 Å². The van der Waals surface area contributed by atoms with Gasteiger partial charge < -0.3 is 10.2 Å². The molecule has 0 spiro atoms. The maximum absolute atomic E-state index is 4.60. The van der Waals surface area contributed by atoms with Crippen LogP contribution in [0.3, 0.4) is 0 Å². The average molecular weight is 280 g/mol. The third kappa shape index (κ3) is 2.70. The molecule has 3 rings (SSSR count). The Kier molecular flexibility index (Phi) is 3.52. The summed E-state index contributed by atoms with van der Waals surface area (Å²) in [5, 5.41) is 9.24. The third-order valence-electron chi connectivity index (χ3n) is 3.68. The smallest absolute Gasteiger partial charge is 0.0894 e. The molecule has 3 aromatic rings. The summed E-state index contributed by atoms with van der Waals surface area (Å²) in [7, 11) is 6.07. The van der Waals surface area contributed by atoms with Gasteiger partial charge in [-0.2, -0.15) is 5.10 Å². The number of hydrogen-bond acceptors (Lipinski definition) is 3. The van der Waals surface area contributed by atoms with Gasteiger partial charge in [-0.1, -0.05) is 18.2 Å². The summed E-state index contributed by atoms with van der Waals surface area (Å²) in [5.41, 5.74) is 4.54. The average Bonchev–Trinajstić information content (AvgIpc) is 2.83. The molecule has 4 heteroatoms. The van der Waals surface area contributed by atoms with Crippen molar-refractivity contribution in [3.05, 3.63) is 54.2 Å². The van der Waals surface area contributed by atoms with Crippen molar-refractivity contribution in [2.24, 2.45) is 7.05 Å². The lowest BCUT2D eigenvalue weighted by atomic mass is 10.2. The van der Waals surface area contributed by atoms with E-state index in [4.69, 9.17) is 0 Å². The fraction of sp³-hybridized carbons (Fsp3) is 0.235. The Hall–Kier alpha value is -2.49. The number of aryl methyl sites for hydroxylation is 1. The first-order valence-corrected chi connectivity index (χ1v) is 7.07. The molecule has 1 aromatic heterocycles. The number of hydrogen-bond donors (Lipinski definition) is 1. The molecule has 21 heavy (non-hydrogen) atoms. The topological polar surface area (TPSA) is 33.1 Å². The SMILES string of the molecule is CN(C)c1ccc(NCc2nn(C)c3ccccc23)cc1. The maximum Gasteiger partial charge on any atom is 0.0894 e. The van der Waals surface area contributed by atoms with Gasteiger partial charge in [0.2, 0.25) is 0 Å². The van der Waals surface area contributed by atoms with Crippen molar-refractivity contribution in [1.29, 1.82) is 0 Å². The minimum Gasteiger partial charge on any atom is -0.379 e. The highest BCUT2D eigenvalue weighted by molar-refractivity contribution is 5.82. The molecule has 0 aliphatic heterocycles. The predicted molar refractivity (Wildman–Crippen MR) is 88.8 cm³/mol. The van der Waals surface area contributed by atoms with Gasteiger partial charge in [0.1, 0.15) is 0 Å². The van der Waals surface area contributed by atoms with Crippen LogP contribution in [-0.4, -0.2) is 23.9 Å². The van der Waals surface area contributed by atoms with Gasteiger partial charge in [-0.3, -0.25) is 4.68 Å². The van der Waals surface area contributed by atoms with E-state index < -0.39 is 0 Å². The lowest BCUT2D eigenvalue weighted by Crippen LogP contribution is -2.08. The van der Waals surface area contributed by atoms with Crippen LogP contribution in [0.5, 0.6) is 0 Å². The maximum atomic E-state index is 4.60. The highest BCUT2D eigenvalue weighted by Gasteiger charge is 2.07. The summed E-state index contributed by atoms with van der Waals surface area (Å²) in [5.74, 6) is 0. The van der Waals surface area contributed by atoms with Crippen molar-refractivity contribution >= 4 is 22.3 Å². The van der Waals surface area contributed by atoms with E-state index in [-0.39, 0.29) is 0 Å². The number of benzene rings is 2. The lowest BCUT2D eigenvalue weighted by molar-refractivity contribution is 0.771. The van der Waals surface area contributed by atoms with Gasteiger partial charge in [0.25, 0.3) is 0 Å². The Bertz CT molecular complexity index is 741. The highest BCUT2D eigenvalue weighted by atomic mass is 15.3. The van der Waals surface area contributed by atoms with Crippen molar-refractivity contribution in [1.82, 2.24) is 9.78 Å². The van der Waals surface area contributed by atoms with Gasteiger partial charge in [0, 0.05) is 37.9 Å². The van der Waals surface area contributed by atoms with E-state index in [9.17, 15) is 0 Å². The van der Waals surface area contributed by atoms with E-state index in [2.05, 4.69) is 57.8 Å². The third-order valence-corrected chi connectivity index (χ3v) is 3.68. The number of anilines is 2. The van der Waals surface area contributed by atoms with Gasteiger partial charge >= 0.3 is 0 Å². The van der Waals surface area contributed by atoms with Gasteiger partial charge in [-0.25, -0.2) is 0 Å². The molecule has 0 unspecified atom stereocenters. The fourth-order valence-corrected chi connectivity index (χ4v) is 2.48. The Balaban J connectivity index is 1.77. The van der Waals surface area contributed by atoms with E-state index >= 15 is 0 Å². The van der Waals surface area contributed by atoms with Crippen molar-refractivity contribution < 1.29 is 0 Å². The number of nitrogens with zero attached hydrogens (tertiary/aromatic N) is 3. The van der Waals surface area contributed by atoms with Crippen LogP contribution in [0, 0.1) is 0 Å². The van der Waals surface area contributed by atoms with Gasteiger partial charge in [-0.15, -0.1) is 0 Å². The van der Waals surface area contributed by atoms with E-state index in [1.54, 1.807) is 0 Å². The molecular formula is C17H20N4. The van der Waals surface area contributed by atoms with Gasteiger partial charge in [-0.05, 0) is 30.3 Å². The van der Waals surface area contributed by atoms with Crippen LogP contribution < -0.4 is 10.2 Å². The number of nitrogens with one attached hydrogen (secondary N) is 1. The largest absolute Gasteiger partial charge is 0.379 e. The molecule has 2 aromatic carbocycles. The molecule has 108 valence electrons. The van der Waals surface area contributed by atoms with Crippen LogP contribution in [0.25, 0.3) is 10.9 Å². The van der Waals surface area contributed by atoms with Gasteiger partial charge in [0.15, 0.2) is 0 Å². The molecular weight excluding hydrogens is 260 g/mol. The molecule has 0 aliphatic carbocycles. The van der Waals surface area contributed by atoms with E-state index in [1.165, 1.54) is 11.1 Å². The molecule has 4 nitrogen and oxygen atoms in total. The summed E-state index contributed by atoms with van der Waals surface area (Å²) in [6, 6.07) is 16.7. The predicted octanol–water partition coefficient (Wildman–Crippen LogP) is 3.25. The summed E-state index contributed by atoms with van der Waals surface area (Å²) >= 11 is 0. The van der Waals surface area contributed by atoms with Gasteiger partial charge in [0.05, 0.1) is 17.8 Å². The second-order valence-electron chi connectivity index (χ2n) is 5.38. The second kappa shape index (κ2) is 5.48. The molecule has 0 bridgehead atoms. The summed E-state index contributed by atoms with van der Waals surface area (Å²) in [4.78, 5) is 2.09. The molecule has 0 fully saturated rings. The van der Waals surface area contributed by atoms with Crippen LogP contribution in [0.15, 0.2) is 48.5 Å². The lowest BCUT2D eigenvalue weighted by Gasteiger charge is -2.13. The summed E-state index contributed by atoms with van der Waals surface area (Å²) < 4.78 is 1.93. The van der Waals surface area contributed by atoms with Crippen LogP contribution in [0.2, 0.25) is 0 Å². The van der Waals surface area contributed by atoms with Crippen molar-refractivity contribution in [3.63, 3.8) is 0 Å². The normalized spacial score (nSPS) is 10.8. The van der Waals surface area contributed by atoms with Crippen LogP contribution >= 0.6 is 0 Å². The summed E-state index contributed by atoms with van der Waals surface area (Å²) in [6.07, 6.45) is 0. The van der Waals surface area contributed by atoms with Crippen molar-refractivity contribution in [3.8, 4) is 0 Å². The van der Waals surface area contributed by atoms with Crippen LogP contribution in [0.1, 0.15) is 5.69 Å². The minimum atomic E-state index is 0.725. The summed E-state index contributed by atoms with van der Waals surface area (Å²) in [6.45, 7) is 0.725. The zero-order chi connectivity index (χ0) is 14.8. The Labute approximate surface area is 125 Å². The van der Waals surface area contributed by atoms with Crippen LogP contribution in [0.4, 0.5) is 11.4 Å². The molecule has 0 saturated carbocycles. The zero-order valence-electron chi connectivity index (χ0n) is 12.7. The first kappa shape index (κ1) is 13.5. The molecule has 0 atom stereocenters.